The molecule has 0 saturated carbocycles. The maximum Gasteiger partial charge on any atom is 0.328 e. The third-order valence-corrected chi connectivity index (χ3v) is 3.65. The molecule has 104 valence electrons. The highest BCUT2D eigenvalue weighted by Gasteiger charge is 2.15. The first-order valence-corrected chi connectivity index (χ1v) is 6.98. The van der Waals surface area contributed by atoms with Crippen molar-refractivity contribution in [3.63, 3.8) is 0 Å². The number of benzene rings is 1. The first kappa shape index (κ1) is 13.8. The molecule has 1 aromatic heterocycles. The molecular formula is C12H11N3O4S. The number of sulfonamides is 1. The predicted octanol–water partition coefficient (Wildman–Crippen LogP) is 1.31. The van der Waals surface area contributed by atoms with E-state index in [-0.39, 0.29) is 5.03 Å². The van der Waals surface area contributed by atoms with Gasteiger partial charge in [-0.3, -0.25) is 4.72 Å². The van der Waals surface area contributed by atoms with Crippen LogP contribution in [0.25, 0.3) is 6.08 Å². The number of hydrogen-bond donors (Lipinski definition) is 3. The second kappa shape index (κ2) is 5.57. The predicted molar refractivity (Wildman–Crippen MR) is 72.5 cm³/mol. The van der Waals surface area contributed by atoms with Gasteiger partial charge in [-0.2, -0.15) is 8.42 Å². The molecule has 0 saturated heterocycles. The largest absolute Gasteiger partial charge is 0.478 e. The summed E-state index contributed by atoms with van der Waals surface area (Å²) in [6.07, 6.45) is 4.89. The molecule has 1 heterocycles. The number of aromatic amines is 1. The van der Waals surface area contributed by atoms with Crippen LogP contribution in [0.5, 0.6) is 0 Å². The van der Waals surface area contributed by atoms with Gasteiger partial charge >= 0.3 is 5.97 Å². The number of carboxylic acid groups (broad SMARTS) is 1. The minimum atomic E-state index is -3.69. The van der Waals surface area contributed by atoms with E-state index in [1.54, 1.807) is 12.1 Å². The van der Waals surface area contributed by atoms with Gasteiger partial charge in [-0.1, -0.05) is 12.1 Å². The molecule has 8 heteroatoms. The minimum absolute atomic E-state index is 0.0349. The Hall–Kier alpha value is -2.61. The molecule has 1 aromatic carbocycles. The Morgan fingerprint density at radius 3 is 2.55 bits per heavy atom. The highest BCUT2D eigenvalue weighted by Crippen LogP contribution is 2.15. The molecule has 0 radical (unpaired) electrons. The zero-order valence-electron chi connectivity index (χ0n) is 10.1. The van der Waals surface area contributed by atoms with Gasteiger partial charge in [-0.15, -0.1) is 0 Å². The Balaban J connectivity index is 2.14. The lowest BCUT2D eigenvalue weighted by molar-refractivity contribution is -0.131. The molecule has 0 aliphatic heterocycles. The number of nitrogens with zero attached hydrogens (tertiary/aromatic N) is 1. The smallest absolute Gasteiger partial charge is 0.328 e. The topological polar surface area (TPSA) is 112 Å². The molecule has 20 heavy (non-hydrogen) atoms. The number of anilines is 1. The number of aromatic nitrogens is 2. The fourth-order valence-corrected chi connectivity index (χ4v) is 2.39. The van der Waals surface area contributed by atoms with Gasteiger partial charge in [-0.05, 0) is 23.8 Å². The van der Waals surface area contributed by atoms with Crippen LogP contribution in [0.1, 0.15) is 5.56 Å². The molecule has 0 aliphatic carbocycles. The molecule has 0 atom stereocenters. The van der Waals surface area contributed by atoms with Crippen LogP contribution < -0.4 is 4.72 Å². The van der Waals surface area contributed by atoms with Gasteiger partial charge in [0.05, 0.1) is 12.5 Å². The molecule has 0 unspecified atom stereocenters. The Bertz CT molecular complexity index is 719. The number of rotatable bonds is 5. The normalized spacial score (nSPS) is 11.6. The molecule has 0 aliphatic rings. The monoisotopic (exact) mass is 293 g/mol. The zero-order valence-corrected chi connectivity index (χ0v) is 11.0. The number of imidazole rings is 1. The molecule has 2 rings (SSSR count). The van der Waals surface area contributed by atoms with E-state index in [1.165, 1.54) is 30.7 Å². The maximum absolute atomic E-state index is 11.9. The lowest BCUT2D eigenvalue weighted by atomic mass is 10.2. The van der Waals surface area contributed by atoms with E-state index >= 15 is 0 Å². The Labute approximate surface area is 115 Å². The molecule has 3 N–H and O–H groups in total. The number of H-pyrrole nitrogens is 1. The Morgan fingerprint density at radius 1 is 1.30 bits per heavy atom. The SMILES string of the molecule is O=C(O)C=Cc1ccc(NS(=O)(=O)c2cnc[nH]2)cc1. The van der Waals surface area contributed by atoms with Crippen LogP contribution in [0.15, 0.2) is 47.9 Å². The van der Waals surface area contributed by atoms with Crippen LogP contribution in [-0.2, 0) is 14.8 Å². The summed E-state index contributed by atoms with van der Waals surface area (Å²) in [6, 6.07) is 6.28. The van der Waals surface area contributed by atoms with Gasteiger partial charge in [-0.25, -0.2) is 9.78 Å². The van der Waals surface area contributed by atoms with Crippen molar-refractivity contribution in [2.75, 3.05) is 4.72 Å². The van der Waals surface area contributed by atoms with E-state index in [4.69, 9.17) is 5.11 Å². The third-order valence-electron chi connectivity index (χ3n) is 2.34. The summed E-state index contributed by atoms with van der Waals surface area (Å²) in [5, 5.41) is 8.47. The summed E-state index contributed by atoms with van der Waals surface area (Å²) in [5.41, 5.74) is 1.02. The molecule has 0 amide bonds. The number of nitrogens with one attached hydrogen (secondary N) is 2. The third kappa shape index (κ3) is 3.45. The second-order valence-electron chi connectivity index (χ2n) is 3.81. The average Bonchev–Trinajstić information content (AvgIpc) is 2.92. The number of carboxylic acids is 1. The molecule has 0 fully saturated rings. The molecule has 2 aromatic rings. The van der Waals surface area contributed by atoms with Crippen molar-refractivity contribution in [2.24, 2.45) is 0 Å². The van der Waals surface area contributed by atoms with Crippen molar-refractivity contribution in [3.8, 4) is 0 Å². The second-order valence-corrected chi connectivity index (χ2v) is 5.47. The maximum atomic E-state index is 11.9. The lowest BCUT2D eigenvalue weighted by Gasteiger charge is -2.06. The summed E-state index contributed by atoms with van der Waals surface area (Å²) >= 11 is 0. The Morgan fingerprint density at radius 2 is 2.00 bits per heavy atom. The van der Waals surface area contributed by atoms with E-state index < -0.39 is 16.0 Å². The van der Waals surface area contributed by atoms with E-state index in [2.05, 4.69) is 14.7 Å². The zero-order chi connectivity index (χ0) is 14.6. The van der Waals surface area contributed by atoms with E-state index in [9.17, 15) is 13.2 Å². The van der Waals surface area contributed by atoms with Gasteiger partial charge < -0.3 is 10.1 Å². The summed E-state index contributed by atoms with van der Waals surface area (Å²) < 4.78 is 26.2. The average molecular weight is 293 g/mol. The van der Waals surface area contributed by atoms with Crippen molar-refractivity contribution >= 4 is 27.8 Å². The molecule has 0 bridgehead atoms. The van der Waals surface area contributed by atoms with Crippen molar-refractivity contribution in [2.45, 2.75) is 5.03 Å². The summed E-state index contributed by atoms with van der Waals surface area (Å²) in [7, 11) is -3.69. The first-order valence-electron chi connectivity index (χ1n) is 5.50. The first-order chi connectivity index (χ1) is 9.47. The fraction of sp³-hybridized carbons (Fsp3) is 0. The van der Waals surface area contributed by atoms with Crippen molar-refractivity contribution in [1.29, 1.82) is 0 Å². The van der Waals surface area contributed by atoms with E-state index in [0.717, 1.165) is 6.08 Å². The van der Waals surface area contributed by atoms with Gasteiger partial charge in [0.25, 0.3) is 10.0 Å². The van der Waals surface area contributed by atoms with Crippen molar-refractivity contribution in [3.05, 3.63) is 48.4 Å². The van der Waals surface area contributed by atoms with Gasteiger partial charge in [0.15, 0.2) is 5.03 Å². The summed E-state index contributed by atoms with van der Waals surface area (Å²) in [6.45, 7) is 0. The fourth-order valence-electron chi connectivity index (χ4n) is 1.43. The minimum Gasteiger partial charge on any atom is -0.478 e. The van der Waals surface area contributed by atoms with E-state index in [1.807, 2.05) is 0 Å². The van der Waals surface area contributed by atoms with Crippen LogP contribution >= 0.6 is 0 Å². The van der Waals surface area contributed by atoms with Gasteiger partial charge in [0.1, 0.15) is 0 Å². The molecular weight excluding hydrogens is 282 g/mol. The van der Waals surface area contributed by atoms with Crippen LogP contribution in [0.3, 0.4) is 0 Å². The van der Waals surface area contributed by atoms with E-state index in [0.29, 0.717) is 11.3 Å². The van der Waals surface area contributed by atoms with Crippen LogP contribution in [0.2, 0.25) is 0 Å². The molecule has 7 nitrogen and oxygen atoms in total. The van der Waals surface area contributed by atoms with Crippen LogP contribution in [0, 0.1) is 0 Å². The highest BCUT2D eigenvalue weighted by atomic mass is 32.2. The lowest BCUT2D eigenvalue weighted by Crippen LogP contribution is -2.13. The number of aliphatic carboxylic acids is 1. The van der Waals surface area contributed by atoms with Crippen molar-refractivity contribution in [1.82, 2.24) is 9.97 Å². The van der Waals surface area contributed by atoms with Crippen LogP contribution in [-0.4, -0.2) is 29.5 Å². The van der Waals surface area contributed by atoms with Gasteiger partial charge in [0.2, 0.25) is 0 Å². The van der Waals surface area contributed by atoms with Crippen LogP contribution in [0.4, 0.5) is 5.69 Å². The quantitative estimate of drug-likeness (QED) is 0.719. The van der Waals surface area contributed by atoms with Gasteiger partial charge in [0, 0.05) is 11.8 Å². The highest BCUT2D eigenvalue weighted by molar-refractivity contribution is 7.92. The van der Waals surface area contributed by atoms with Crippen molar-refractivity contribution < 1.29 is 18.3 Å². The summed E-state index contributed by atoms with van der Waals surface area (Å²) in [4.78, 5) is 16.5. The summed E-state index contributed by atoms with van der Waals surface area (Å²) in [5.74, 6) is -1.05. The number of carbonyl (C=O) groups is 1. The number of hydrogen-bond acceptors (Lipinski definition) is 4. The Kier molecular flexibility index (Phi) is 3.85. The molecule has 0 spiro atoms. The standard InChI is InChI=1S/C12H11N3O4S/c16-12(17)6-3-9-1-4-10(5-2-9)15-20(18,19)11-7-13-8-14-11/h1-8,15H,(H,13,14)(H,16,17).